The van der Waals surface area contributed by atoms with Gasteiger partial charge in [-0.1, -0.05) is 0 Å². The van der Waals surface area contributed by atoms with Gasteiger partial charge in [-0.3, -0.25) is 10.1 Å². The zero-order valence-electron chi connectivity index (χ0n) is 9.93. The van der Waals surface area contributed by atoms with Gasteiger partial charge in [-0.25, -0.2) is 4.39 Å². The summed E-state index contributed by atoms with van der Waals surface area (Å²) in [7, 11) is 1.48. The van der Waals surface area contributed by atoms with E-state index in [9.17, 15) is 14.5 Å². The Kier molecular flexibility index (Phi) is 5.47. The highest BCUT2D eigenvalue weighted by Crippen LogP contribution is 2.25. The van der Waals surface area contributed by atoms with Gasteiger partial charge in [-0.2, -0.15) is 0 Å². The highest BCUT2D eigenvalue weighted by molar-refractivity contribution is 5.61. The van der Waals surface area contributed by atoms with Crippen LogP contribution in [-0.4, -0.2) is 36.4 Å². The van der Waals surface area contributed by atoms with Gasteiger partial charge >= 0.3 is 0 Å². The van der Waals surface area contributed by atoms with Gasteiger partial charge in [0.05, 0.1) is 17.6 Å². The molecule has 0 saturated carbocycles. The molecular weight excluding hydrogens is 243 g/mol. The number of rotatable bonds is 7. The summed E-state index contributed by atoms with van der Waals surface area (Å²) in [5, 5.41) is 22.5. The van der Waals surface area contributed by atoms with E-state index in [4.69, 9.17) is 9.84 Å². The van der Waals surface area contributed by atoms with Crippen LogP contribution in [0, 0.1) is 15.9 Å². The molecule has 0 saturated heterocycles. The van der Waals surface area contributed by atoms with Crippen LogP contribution in [0.5, 0.6) is 0 Å². The normalized spacial score (nSPS) is 12.2. The van der Waals surface area contributed by atoms with E-state index in [-0.39, 0.29) is 30.6 Å². The maximum Gasteiger partial charge on any atom is 0.292 e. The number of nitro benzene ring substituents is 1. The first kappa shape index (κ1) is 14.3. The third-order valence-corrected chi connectivity index (χ3v) is 2.36. The average molecular weight is 258 g/mol. The number of hydrogen-bond donors (Lipinski definition) is 2. The van der Waals surface area contributed by atoms with Crippen LogP contribution in [0.3, 0.4) is 0 Å². The fraction of sp³-hybridized carbons (Fsp3) is 0.455. The molecule has 0 aliphatic heterocycles. The molecule has 100 valence electrons. The van der Waals surface area contributed by atoms with Crippen LogP contribution in [0.15, 0.2) is 18.2 Å². The van der Waals surface area contributed by atoms with Gasteiger partial charge in [0, 0.05) is 25.8 Å². The summed E-state index contributed by atoms with van der Waals surface area (Å²) in [6.45, 7) is 0.165. The molecule has 1 atom stereocenters. The Morgan fingerprint density at radius 1 is 1.61 bits per heavy atom. The van der Waals surface area contributed by atoms with Crippen LogP contribution in [0.1, 0.15) is 6.42 Å². The Balaban J connectivity index is 2.92. The molecule has 1 rings (SSSR count). The van der Waals surface area contributed by atoms with Crippen molar-refractivity contribution in [2.75, 3.05) is 25.6 Å². The molecule has 0 aliphatic rings. The van der Waals surface area contributed by atoms with E-state index in [1.807, 2.05) is 0 Å². The Hall–Kier alpha value is -1.73. The van der Waals surface area contributed by atoms with Crippen molar-refractivity contribution < 1.29 is 19.2 Å². The van der Waals surface area contributed by atoms with Gasteiger partial charge in [0.1, 0.15) is 11.5 Å². The fourth-order valence-electron chi connectivity index (χ4n) is 1.56. The van der Waals surface area contributed by atoms with Crippen molar-refractivity contribution in [3.63, 3.8) is 0 Å². The minimum absolute atomic E-state index is 0.0792. The van der Waals surface area contributed by atoms with Crippen molar-refractivity contribution in [2.24, 2.45) is 0 Å². The first-order valence-electron chi connectivity index (χ1n) is 5.38. The lowest BCUT2D eigenvalue weighted by Crippen LogP contribution is -2.26. The second-order valence-electron chi connectivity index (χ2n) is 3.73. The molecule has 2 N–H and O–H groups in total. The SMILES string of the molecule is COCC(CCO)Nc1cc(F)ccc1[N+](=O)[O-]. The number of methoxy groups -OCH3 is 1. The largest absolute Gasteiger partial charge is 0.396 e. The molecule has 0 heterocycles. The van der Waals surface area contributed by atoms with Crippen LogP contribution in [-0.2, 0) is 4.74 Å². The quantitative estimate of drug-likeness (QED) is 0.572. The van der Waals surface area contributed by atoms with E-state index >= 15 is 0 Å². The van der Waals surface area contributed by atoms with E-state index in [1.165, 1.54) is 7.11 Å². The predicted octanol–water partition coefficient (Wildman–Crippen LogP) is 1.54. The van der Waals surface area contributed by atoms with Gasteiger partial charge in [0.25, 0.3) is 5.69 Å². The van der Waals surface area contributed by atoms with E-state index in [0.29, 0.717) is 6.42 Å². The number of hydrogen-bond acceptors (Lipinski definition) is 5. The number of aliphatic hydroxyl groups is 1. The Labute approximate surface area is 104 Å². The number of nitrogens with one attached hydrogen (secondary N) is 1. The Bertz CT molecular complexity index is 408. The van der Waals surface area contributed by atoms with Gasteiger partial charge in [0.15, 0.2) is 0 Å². The summed E-state index contributed by atoms with van der Waals surface area (Å²) in [4.78, 5) is 10.2. The number of ether oxygens (including phenoxy) is 1. The summed E-state index contributed by atoms with van der Waals surface area (Å²) in [6, 6.07) is 2.86. The molecule has 0 bridgehead atoms. The minimum Gasteiger partial charge on any atom is -0.396 e. The molecule has 1 unspecified atom stereocenters. The van der Waals surface area contributed by atoms with E-state index in [2.05, 4.69) is 5.32 Å². The summed E-state index contributed by atoms with van der Waals surface area (Å²) in [5.41, 5.74) is -0.133. The van der Waals surface area contributed by atoms with E-state index < -0.39 is 10.7 Å². The molecule has 7 heteroatoms. The highest BCUT2D eigenvalue weighted by atomic mass is 19.1. The van der Waals surface area contributed by atoms with Crippen molar-refractivity contribution in [2.45, 2.75) is 12.5 Å². The zero-order valence-corrected chi connectivity index (χ0v) is 9.93. The average Bonchev–Trinajstić information content (AvgIpc) is 2.29. The van der Waals surface area contributed by atoms with E-state index in [1.54, 1.807) is 0 Å². The Morgan fingerprint density at radius 3 is 2.89 bits per heavy atom. The molecule has 1 aromatic rings. The second-order valence-corrected chi connectivity index (χ2v) is 3.73. The third kappa shape index (κ3) is 3.94. The van der Waals surface area contributed by atoms with Crippen LogP contribution < -0.4 is 5.32 Å². The minimum atomic E-state index is -0.593. The summed E-state index contributed by atoms with van der Waals surface area (Å²) >= 11 is 0. The van der Waals surface area contributed by atoms with Crippen LogP contribution in [0.25, 0.3) is 0 Å². The predicted molar refractivity (Wildman–Crippen MR) is 64.0 cm³/mol. The molecule has 0 aliphatic carbocycles. The molecule has 1 aromatic carbocycles. The van der Waals surface area contributed by atoms with Gasteiger partial charge in [-0.15, -0.1) is 0 Å². The van der Waals surface area contributed by atoms with E-state index in [0.717, 1.165) is 18.2 Å². The molecule has 0 fully saturated rings. The van der Waals surface area contributed by atoms with Gasteiger partial charge in [-0.05, 0) is 12.5 Å². The maximum atomic E-state index is 13.1. The van der Waals surface area contributed by atoms with Crippen LogP contribution in [0.2, 0.25) is 0 Å². The van der Waals surface area contributed by atoms with Crippen molar-refractivity contribution in [1.82, 2.24) is 0 Å². The first-order chi connectivity index (χ1) is 8.58. The third-order valence-electron chi connectivity index (χ3n) is 2.36. The lowest BCUT2D eigenvalue weighted by Gasteiger charge is -2.18. The number of halogens is 1. The summed E-state index contributed by atoms with van der Waals surface area (Å²) in [6.07, 6.45) is 0.349. The topological polar surface area (TPSA) is 84.6 Å². The molecule has 18 heavy (non-hydrogen) atoms. The molecule has 0 spiro atoms. The van der Waals surface area contributed by atoms with Crippen molar-refractivity contribution in [1.29, 1.82) is 0 Å². The molecule has 0 aromatic heterocycles. The van der Waals surface area contributed by atoms with Crippen molar-refractivity contribution >= 4 is 11.4 Å². The molecular formula is C11H15FN2O4. The first-order valence-corrected chi connectivity index (χ1v) is 5.38. The Morgan fingerprint density at radius 2 is 2.33 bits per heavy atom. The number of nitro groups is 1. The van der Waals surface area contributed by atoms with Crippen molar-refractivity contribution in [3.8, 4) is 0 Å². The lowest BCUT2D eigenvalue weighted by atomic mass is 10.2. The number of anilines is 1. The highest BCUT2D eigenvalue weighted by Gasteiger charge is 2.17. The number of benzene rings is 1. The van der Waals surface area contributed by atoms with Gasteiger partial charge < -0.3 is 15.2 Å². The summed E-state index contributed by atoms with van der Waals surface area (Å²) in [5.74, 6) is -0.566. The summed E-state index contributed by atoms with van der Waals surface area (Å²) < 4.78 is 18.0. The number of aliphatic hydroxyl groups excluding tert-OH is 1. The van der Waals surface area contributed by atoms with Crippen LogP contribution in [0.4, 0.5) is 15.8 Å². The maximum absolute atomic E-state index is 13.1. The van der Waals surface area contributed by atoms with Crippen molar-refractivity contribution in [3.05, 3.63) is 34.1 Å². The zero-order chi connectivity index (χ0) is 13.5. The smallest absolute Gasteiger partial charge is 0.292 e. The molecule has 6 nitrogen and oxygen atoms in total. The van der Waals surface area contributed by atoms with Gasteiger partial charge in [0.2, 0.25) is 0 Å². The molecule has 0 radical (unpaired) electrons. The fourth-order valence-corrected chi connectivity index (χ4v) is 1.56. The number of nitrogens with zero attached hydrogens (tertiary/aromatic N) is 1. The molecule has 0 amide bonds. The lowest BCUT2D eigenvalue weighted by molar-refractivity contribution is -0.384. The second kappa shape index (κ2) is 6.87. The standard InChI is InChI=1S/C11H15FN2O4/c1-18-7-9(4-5-15)13-10-6-8(12)2-3-11(10)14(16)17/h2-3,6,9,13,15H,4-5,7H2,1H3. The monoisotopic (exact) mass is 258 g/mol. The van der Waals surface area contributed by atoms with Crippen LogP contribution >= 0.6 is 0 Å².